The zero-order valence-corrected chi connectivity index (χ0v) is 23.2. The first kappa shape index (κ1) is 24.9. The minimum atomic E-state index is 0.210. The van der Waals surface area contributed by atoms with Crippen molar-refractivity contribution in [2.75, 3.05) is 0 Å². The molecule has 0 aromatic heterocycles. The van der Waals surface area contributed by atoms with Crippen molar-refractivity contribution >= 4 is 16.2 Å². The first-order chi connectivity index (χ1) is 14.1. The Kier molecular flexibility index (Phi) is 9.38. The largest absolute Gasteiger partial charge is 0.150 e. The van der Waals surface area contributed by atoms with Crippen molar-refractivity contribution in [3.63, 3.8) is 0 Å². The molecule has 0 radical (unpaired) electrons. The third kappa shape index (κ3) is 6.56. The van der Waals surface area contributed by atoms with Crippen LogP contribution in [-0.4, -0.2) is 5.43 Å². The maximum absolute atomic E-state index is 3.36. The molecule has 1 aliphatic carbocycles. The summed E-state index contributed by atoms with van der Waals surface area (Å²) in [6.07, 6.45) is 3.36. The number of fused-ring (bicyclic) bond motifs is 1. The van der Waals surface area contributed by atoms with Crippen molar-refractivity contribution in [3.05, 3.63) is 88.5 Å². The quantitative estimate of drug-likeness (QED) is 0.238. The minimum absolute atomic E-state index is 0.210. The standard InChI is InChI=1S/C17H15.C9H13.C2H6Si.Zr/c1-12-7-8-15(11-13(12)2)17-10-9-14-5-3-4-6-16(14)17;1-6-5-7(2)9(4)8(6)3;1-3-2;/h3-11H,1-2H3;6H,1-4H3;1-2H3;/q2*-1;;+2. The van der Waals surface area contributed by atoms with E-state index in [0.29, 0.717) is 5.92 Å². The average molecular weight is 490 g/mol. The van der Waals surface area contributed by atoms with Crippen LogP contribution in [0.1, 0.15) is 38.8 Å². The number of hydrogen-bond acceptors (Lipinski definition) is 0. The first-order valence-corrected chi connectivity index (χ1v) is 16.8. The molecule has 3 aromatic carbocycles. The fourth-order valence-corrected chi connectivity index (χ4v) is 3.47. The summed E-state index contributed by atoms with van der Waals surface area (Å²) in [5.74, 6) is 0.560. The topological polar surface area (TPSA) is 0 Å². The Balaban J connectivity index is 0.000000207. The van der Waals surface area contributed by atoms with Crippen LogP contribution in [0, 0.1) is 25.8 Å². The Labute approximate surface area is 198 Å². The van der Waals surface area contributed by atoms with E-state index in [4.69, 9.17) is 0 Å². The molecular formula is C28H34SiZr. The predicted octanol–water partition coefficient (Wildman–Crippen LogP) is 8.35. The van der Waals surface area contributed by atoms with Crippen LogP contribution in [-0.2, 0) is 23.3 Å². The van der Waals surface area contributed by atoms with Gasteiger partial charge < -0.3 is 0 Å². The molecule has 0 bridgehead atoms. The molecule has 0 spiro atoms. The third-order valence-corrected chi connectivity index (χ3v) is 5.73. The summed E-state index contributed by atoms with van der Waals surface area (Å²) in [6.45, 7) is 17.6. The van der Waals surface area contributed by atoms with Gasteiger partial charge in [-0.15, -0.1) is 53.6 Å². The van der Waals surface area contributed by atoms with Crippen molar-refractivity contribution < 1.29 is 23.3 Å². The van der Waals surface area contributed by atoms with Gasteiger partial charge in [-0.2, -0.15) is 11.1 Å². The summed E-state index contributed by atoms with van der Waals surface area (Å²) in [5.41, 5.74) is 9.81. The van der Waals surface area contributed by atoms with E-state index in [1.807, 2.05) is 0 Å². The van der Waals surface area contributed by atoms with Crippen LogP contribution in [0.2, 0.25) is 13.1 Å². The van der Waals surface area contributed by atoms with Gasteiger partial charge in [-0.3, -0.25) is 6.08 Å². The van der Waals surface area contributed by atoms with E-state index in [2.05, 4.69) is 115 Å². The number of hydrogen-bond donors (Lipinski definition) is 0. The van der Waals surface area contributed by atoms with Crippen LogP contribution in [0.5, 0.6) is 0 Å². The van der Waals surface area contributed by atoms with Gasteiger partial charge in [-0.1, -0.05) is 56.5 Å². The molecule has 0 fully saturated rings. The normalized spacial score (nSPS) is 15.3. The molecule has 0 nitrogen and oxygen atoms in total. The summed E-state index contributed by atoms with van der Waals surface area (Å²) in [7, 11) is 0. The van der Waals surface area contributed by atoms with Crippen molar-refractivity contribution in [3.8, 4) is 11.1 Å². The molecule has 1 unspecified atom stereocenters. The van der Waals surface area contributed by atoms with Gasteiger partial charge in [-0.25, -0.2) is 5.57 Å². The second-order valence-electron chi connectivity index (χ2n) is 8.43. The Morgan fingerprint density at radius 3 is 2.07 bits per heavy atom. The fraction of sp³-hybridized carbons (Fsp3) is 0.321. The van der Waals surface area contributed by atoms with Crippen molar-refractivity contribution in [1.29, 1.82) is 0 Å². The van der Waals surface area contributed by atoms with Gasteiger partial charge in [-0.05, 0) is 25.0 Å². The van der Waals surface area contributed by atoms with Gasteiger partial charge in [0.1, 0.15) is 0 Å². The van der Waals surface area contributed by atoms with Crippen LogP contribution in [0.15, 0.2) is 71.3 Å². The predicted molar refractivity (Wildman–Crippen MR) is 132 cm³/mol. The van der Waals surface area contributed by atoms with Crippen LogP contribution in [0.3, 0.4) is 0 Å². The van der Waals surface area contributed by atoms with Crippen LogP contribution >= 0.6 is 0 Å². The Morgan fingerprint density at radius 1 is 0.933 bits per heavy atom. The number of rotatable bonds is 1. The summed E-state index contributed by atoms with van der Waals surface area (Å²) in [4.78, 5) is 0. The second kappa shape index (κ2) is 11.3. The third-order valence-electron chi connectivity index (χ3n) is 5.73. The van der Waals surface area contributed by atoms with Crippen LogP contribution < -0.4 is 0 Å². The molecule has 3 aromatic rings. The van der Waals surface area contributed by atoms with E-state index in [1.165, 1.54) is 49.7 Å². The molecule has 0 N–H and O–H groups in total. The molecule has 4 rings (SSSR count). The fourth-order valence-electron chi connectivity index (χ4n) is 3.47. The smallest absolute Gasteiger partial charge is 0.0395 e. The number of allylic oxidation sites excluding steroid dienone is 4. The molecule has 30 heavy (non-hydrogen) atoms. The van der Waals surface area contributed by atoms with E-state index in [9.17, 15) is 0 Å². The van der Waals surface area contributed by atoms with Gasteiger partial charge >= 0.3 is 41.9 Å². The number of aryl methyl sites for hydroxylation is 2. The van der Waals surface area contributed by atoms with Crippen molar-refractivity contribution in [2.45, 2.75) is 54.6 Å². The van der Waals surface area contributed by atoms with E-state index >= 15 is 0 Å². The molecule has 0 heterocycles. The average Bonchev–Trinajstić information content (AvgIpc) is 3.21. The molecule has 0 saturated heterocycles. The molecule has 2 heteroatoms. The summed E-state index contributed by atoms with van der Waals surface area (Å²) in [6, 6.07) is 19.7. The zero-order valence-electron chi connectivity index (χ0n) is 19.8. The molecule has 1 atom stereocenters. The van der Waals surface area contributed by atoms with E-state index in [-0.39, 0.29) is 5.43 Å². The summed E-state index contributed by atoms with van der Waals surface area (Å²) >= 11 is 1.74. The van der Waals surface area contributed by atoms with E-state index in [0.717, 1.165) is 0 Å². The first-order valence-electron chi connectivity index (χ1n) is 10.6. The monoisotopic (exact) mass is 488 g/mol. The molecule has 0 saturated carbocycles. The molecule has 154 valence electrons. The Bertz CT molecular complexity index is 1090. The van der Waals surface area contributed by atoms with Gasteiger partial charge in [0, 0.05) is 0 Å². The summed E-state index contributed by atoms with van der Waals surface area (Å²) in [5, 5.41) is 2.66. The molecule has 1 aliphatic rings. The van der Waals surface area contributed by atoms with Crippen molar-refractivity contribution in [1.82, 2.24) is 0 Å². The second-order valence-corrected chi connectivity index (χ2v) is 17.8. The summed E-state index contributed by atoms with van der Waals surface area (Å²) < 4.78 is 0. The van der Waals surface area contributed by atoms with E-state index in [1.54, 1.807) is 23.3 Å². The van der Waals surface area contributed by atoms with Gasteiger partial charge in [0.05, 0.1) is 0 Å². The van der Waals surface area contributed by atoms with E-state index < -0.39 is 0 Å². The Hall–Kier alpha value is -1.37. The maximum Gasteiger partial charge on any atom is -0.0395 e. The SMILES string of the molecule is CC1=[C-]C(C)C(C)=C1C.C[Si](C)=[Zr+2].Cc1ccc(-c2c[cH-]c3ccccc23)cc1C. The van der Waals surface area contributed by atoms with Crippen LogP contribution in [0.4, 0.5) is 0 Å². The zero-order chi connectivity index (χ0) is 22.4. The van der Waals surface area contributed by atoms with Gasteiger partial charge in [0.2, 0.25) is 0 Å². The molecular weight excluding hydrogens is 456 g/mol. The maximum atomic E-state index is 3.36. The van der Waals surface area contributed by atoms with Gasteiger partial charge in [0.25, 0.3) is 0 Å². The number of benzene rings is 2. The minimum Gasteiger partial charge on any atom is -0.150 e. The van der Waals surface area contributed by atoms with Crippen LogP contribution in [0.25, 0.3) is 21.9 Å². The van der Waals surface area contributed by atoms with Crippen molar-refractivity contribution in [2.24, 2.45) is 5.92 Å². The Morgan fingerprint density at radius 2 is 1.57 bits per heavy atom. The molecule has 0 amide bonds. The van der Waals surface area contributed by atoms with Gasteiger partial charge in [0.15, 0.2) is 0 Å². The molecule has 0 aliphatic heterocycles.